The lowest BCUT2D eigenvalue weighted by Gasteiger charge is -2.35. The van der Waals surface area contributed by atoms with Crippen LogP contribution in [0, 0.1) is 5.41 Å². The van der Waals surface area contributed by atoms with Crippen molar-refractivity contribution in [1.29, 1.82) is 0 Å². The van der Waals surface area contributed by atoms with Crippen molar-refractivity contribution in [2.24, 2.45) is 5.41 Å². The second-order valence-electron chi connectivity index (χ2n) is 8.04. The molecule has 0 aromatic heterocycles. The normalized spacial score (nSPS) is 20.5. The average molecular weight is 386 g/mol. The minimum absolute atomic E-state index is 0.0647. The largest absolute Gasteiger partial charge is 0.480 e. The molecule has 2 N–H and O–H groups in total. The van der Waals surface area contributed by atoms with E-state index >= 15 is 0 Å². The lowest BCUT2D eigenvalue weighted by Crippen LogP contribution is -2.52. The Balaban J connectivity index is 1.56. The predicted molar refractivity (Wildman–Crippen MR) is 106 cm³/mol. The van der Waals surface area contributed by atoms with Gasteiger partial charge in [0.1, 0.15) is 5.41 Å². The monoisotopic (exact) mass is 386 g/mol. The van der Waals surface area contributed by atoms with Crippen LogP contribution in [0.2, 0.25) is 0 Å². The van der Waals surface area contributed by atoms with Gasteiger partial charge in [-0.05, 0) is 37.7 Å². The van der Waals surface area contributed by atoms with Crippen molar-refractivity contribution in [2.45, 2.75) is 63.8 Å². The van der Waals surface area contributed by atoms with E-state index < -0.39 is 11.4 Å². The number of hydrogen-bond acceptors (Lipinski definition) is 3. The van der Waals surface area contributed by atoms with E-state index in [1.54, 1.807) is 0 Å². The van der Waals surface area contributed by atoms with Gasteiger partial charge in [0.15, 0.2) is 0 Å². The maximum absolute atomic E-state index is 13.0. The number of nitrogens with one attached hydrogen (secondary N) is 1. The van der Waals surface area contributed by atoms with Crippen molar-refractivity contribution in [3.63, 3.8) is 0 Å². The molecule has 152 valence electrons. The summed E-state index contributed by atoms with van der Waals surface area (Å²) < 4.78 is 0. The number of carboxylic acid groups (broad SMARTS) is 1. The van der Waals surface area contributed by atoms with Gasteiger partial charge >= 0.3 is 5.97 Å². The van der Waals surface area contributed by atoms with Crippen LogP contribution >= 0.6 is 0 Å². The van der Waals surface area contributed by atoms with Gasteiger partial charge in [-0.2, -0.15) is 0 Å². The molecule has 1 unspecified atom stereocenters. The van der Waals surface area contributed by atoms with Crippen LogP contribution in [0.3, 0.4) is 0 Å². The molecule has 1 saturated carbocycles. The van der Waals surface area contributed by atoms with Crippen LogP contribution in [-0.4, -0.2) is 46.9 Å². The third-order valence-corrected chi connectivity index (χ3v) is 6.35. The Morgan fingerprint density at radius 2 is 1.75 bits per heavy atom. The number of nitrogens with zero attached hydrogens (tertiary/aromatic N) is 1. The van der Waals surface area contributed by atoms with Gasteiger partial charge in [-0.3, -0.25) is 14.4 Å². The Kier molecular flexibility index (Phi) is 6.37. The molecule has 1 aromatic rings. The number of piperidine rings is 1. The highest BCUT2D eigenvalue weighted by Crippen LogP contribution is 2.39. The predicted octanol–water partition coefficient (Wildman–Crippen LogP) is 2.93. The molecule has 1 aliphatic heterocycles. The highest BCUT2D eigenvalue weighted by atomic mass is 16.4. The molecule has 1 aromatic carbocycles. The van der Waals surface area contributed by atoms with Crippen molar-refractivity contribution in [2.75, 3.05) is 13.1 Å². The number of likely N-dealkylation sites (tertiary alicyclic amines) is 1. The van der Waals surface area contributed by atoms with Crippen LogP contribution in [0.4, 0.5) is 0 Å². The zero-order valence-corrected chi connectivity index (χ0v) is 16.5. The van der Waals surface area contributed by atoms with Gasteiger partial charge in [-0.1, -0.05) is 50.1 Å². The fourth-order valence-corrected chi connectivity index (χ4v) is 4.54. The van der Waals surface area contributed by atoms with Crippen molar-refractivity contribution < 1.29 is 19.5 Å². The van der Waals surface area contributed by atoms with E-state index in [2.05, 4.69) is 5.32 Å². The zero-order valence-electron chi connectivity index (χ0n) is 16.5. The zero-order chi connectivity index (χ0) is 20.1. The quantitative estimate of drug-likeness (QED) is 0.736. The molecule has 1 heterocycles. The molecule has 0 bridgehead atoms. The Labute approximate surface area is 166 Å². The smallest absolute Gasteiger partial charge is 0.319 e. The minimum Gasteiger partial charge on any atom is -0.480 e. The van der Waals surface area contributed by atoms with Crippen LogP contribution in [0.5, 0.6) is 0 Å². The summed E-state index contributed by atoms with van der Waals surface area (Å²) in [5.74, 6) is -1.36. The van der Waals surface area contributed by atoms with E-state index in [1.807, 2.05) is 42.2 Å². The molecular formula is C22H30N2O4. The molecular weight excluding hydrogens is 356 g/mol. The lowest BCUT2D eigenvalue weighted by atomic mass is 9.84. The van der Waals surface area contributed by atoms with E-state index in [1.165, 1.54) is 0 Å². The van der Waals surface area contributed by atoms with E-state index in [0.29, 0.717) is 38.8 Å². The van der Waals surface area contributed by atoms with Crippen LogP contribution in [0.15, 0.2) is 30.3 Å². The highest BCUT2D eigenvalue weighted by molar-refractivity contribution is 6.02. The highest BCUT2D eigenvalue weighted by Gasteiger charge is 2.48. The topological polar surface area (TPSA) is 86.7 Å². The first-order chi connectivity index (χ1) is 13.5. The fraction of sp³-hybridized carbons (Fsp3) is 0.591. The standard InChI is InChI=1S/C22H30N2O4/c1-2-18(16-8-4-3-5-9-16)19(25)24-14-10-17(11-15-24)23-20(26)22(21(27)28)12-6-7-13-22/h3-5,8-9,17-18H,2,6-7,10-15H2,1H3,(H,23,26)(H,27,28). The van der Waals surface area contributed by atoms with Crippen LogP contribution in [-0.2, 0) is 14.4 Å². The van der Waals surface area contributed by atoms with Gasteiger partial charge in [0.05, 0.1) is 5.92 Å². The number of hydrogen-bond donors (Lipinski definition) is 2. The van der Waals surface area contributed by atoms with Gasteiger partial charge in [0, 0.05) is 19.1 Å². The molecule has 28 heavy (non-hydrogen) atoms. The molecule has 1 aliphatic carbocycles. The molecule has 1 atom stereocenters. The van der Waals surface area contributed by atoms with Crippen LogP contribution < -0.4 is 5.32 Å². The second-order valence-corrected chi connectivity index (χ2v) is 8.04. The Morgan fingerprint density at radius 3 is 2.29 bits per heavy atom. The van der Waals surface area contributed by atoms with Crippen molar-refractivity contribution in [3.05, 3.63) is 35.9 Å². The summed E-state index contributed by atoms with van der Waals surface area (Å²) in [7, 11) is 0. The van der Waals surface area contributed by atoms with Crippen LogP contribution in [0.25, 0.3) is 0 Å². The molecule has 6 nitrogen and oxygen atoms in total. The Morgan fingerprint density at radius 1 is 1.14 bits per heavy atom. The SMILES string of the molecule is CCC(C(=O)N1CCC(NC(=O)C2(C(=O)O)CCCC2)CC1)c1ccccc1. The molecule has 2 amide bonds. The summed E-state index contributed by atoms with van der Waals surface area (Å²) in [6.45, 7) is 3.20. The summed E-state index contributed by atoms with van der Waals surface area (Å²) in [5.41, 5.74) is -0.219. The fourth-order valence-electron chi connectivity index (χ4n) is 4.54. The van der Waals surface area contributed by atoms with Gasteiger partial charge < -0.3 is 15.3 Å². The molecule has 0 radical (unpaired) electrons. The number of amides is 2. The number of carbonyl (C=O) groups excluding carboxylic acids is 2. The third-order valence-electron chi connectivity index (χ3n) is 6.35. The summed E-state index contributed by atoms with van der Waals surface area (Å²) in [5, 5.41) is 12.5. The van der Waals surface area contributed by atoms with Gasteiger partial charge in [-0.25, -0.2) is 0 Å². The van der Waals surface area contributed by atoms with E-state index in [-0.39, 0.29) is 23.8 Å². The lowest BCUT2D eigenvalue weighted by molar-refractivity contribution is -0.155. The average Bonchev–Trinajstić information content (AvgIpc) is 3.21. The van der Waals surface area contributed by atoms with Crippen molar-refractivity contribution >= 4 is 17.8 Å². The summed E-state index contributed by atoms with van der Waals surface area (Å²) in [4.78, 5) is 39.2. The van der Waals surface area contributed by atoms with Gasteiger partial charge in [0.25, 0.3) is 0 Å². The second kappa shape index (κ2) is 8.76. The Bertz CT molecular complexity index is 705. The van der Waals surface area contributed by atoms with Crippen molar-refractivity contribution in [3.8, 4) is 0 Å². The molecule has 3 rings (SSSR count). The number of carboxylic acids is 1. The van der Waals surface area contributed by atoms with E-state index in [4.69, 9.17) is 0 Å². The molecule has 1 saturated heterocycles. The molecule has 2 fully saturated rings. The Hall–Kier alpha value is -2.37. The first kappa shape index (κ1) is 20.4. The first-order valence-corrected chi connectivity index (χ1v) is 10.4. The maximum atomic E-state index is 13.0. The summed E-state index contributed by atoms with van der Waals surface area (Å²) >= 11 is 0. The minimum atomic E-state index is -1.26. The number of benzene rings is 1. The number of aliphatic carboxylic acids is 1. The third kappa shape index (κ3) is 4.05. The maximum Gasteiger partial charge on any atom is 0.319 e. The van der Waals surface area contributed by atoms with E-state index in [0.717, 1.165) is 24.8 Å². The van der Waals surface area contributed by atoms with Crippen LogP contribution in [0.1, 0.15) is 63.4 Å². The number of rotatable bonds is 6. The van der Waals surface area contributed by atoms with Gasteiger partial charge in [-0.15, -0.1) is 0 Å². The van der Waals surface area contributed by atoms with Crippen molar-refractivity contribution in [1.82, 2.24) is 10.2 Å². The first-order valence-electron chi connectivity index (χ1n) is 10.4. The van der Waals surface area contributed by atoms with E-state index in [9.17, 15) is 19.5 Å². The number of carbonyl (C=O) groups is 3. The summed E-state index contributed by atoms with van der Waals surface area (Å²) in [6.07, 6.45) is 4.48. The molecule has 6 heteroatoms. The summed E-state index contributed by atoms with van der Waals surface area (Å²) in [6, 6.07) is 9.77. The van der Waals surface area contributed by atoms with Gasteiger partial charge in [0.2, 0.25) is 11.8 Å². The molecule has 0 spiro atoms. The molecule has 2 aliphatic rings.